The summed E-state index contributed by atoms with van der Waals surface area (Å²) in [5, 5.41) is 5.12. The van der Waals surface area contributed by atoms with Gasteiger partial charge in [0.05, 0.1) is 16.6 Å². The van der Waals surface area contributed by atoms with E-state index in [0.717, 1.165) is 127 Å². The van der Waals surface area contributed by atoms with Gasteiger partial charge in [0.1, 0.15) is 30.1 Å². The van der Waals surface area contributed by atoms with Crippen molar-refractivity contribution in [2.24, 2.45) is 4.99 Å². The van der Waals surface area contributed by atoms with Crippen molar-refractivity contribution in [3.05, 3.63) is 267 Å². The van der Waals surface area contributed by atoms with Crippen LogP contribution in [-0.4, -0.2) is 60.2 Å². The molecule has 0 aliphatic heterocycles. The molecule has 0 aliphatic rings. The lowest BCUT2D eigenvalue weighted by molar-refractivity contribution is 0.671. The minimum Gasteiger partial charge on any atom is -0.455 e. The lowest BCUT2D eigenvalue weighted by Crippen LogP contribution is -1.97. The Hall–Kier alpha value is -12.2. The Morgan fingerprint density at radius 3 is 1.22 bits per heavy atom. The first kappa shape index (κ1) is 51.4. The first-order valence-electron chi connectivity index (χ1n) is 28.9. The Balaban J connectivity index is 0.788. The second-order valence-corrected chi connectivity index (χ2v) is 21.3. The van der Waals surface area contributed by atoms with Crippen LogP contribution in [0.3, 0.4) is 0 Å². The van der Waals surface area contributed by atoms with Gasteiger partial charge in [0.15, 0.2) is 34.9 Å². The van der Waals surface area contributed by atoms with Crippen LogP contribution in [-0.2, 0) is 0 Å². The van der Waals surface area contributed by atoms with Gasteiger partial charge in [-0.3, -0.25) is 4.99 Å². The van der Waals surface area contributed by atoms with E-state index in [-0.39, 0.29) is 0 Å². The summed E-state index contributed by atoms with van der Waals surface area (Å²) < 4.78 is 11.8. The van der Waals surface area contributed by atoms with Gasteiger partial charge in [0.2, 0.25) is 0 Å². The maximum absolute atomic E-state index is 7.17. The number of rotatable bonds is 12. The molecule has 16 rings (SSSR count). The molecule has 0 saturated carbocycles. The Morgan fingerprint density at radius 1 is 0.341 bits per heavy atom. The lowest BCUT2D eigenvalue weighted by atomic mass is 9.99. The third-order valence-corrected chi connectivity index (χ3v) is 16.0. The second kappa shape index (κ2) is 21.8. The Bertz CT molecular complexity index is 5280. The van der Waals surface area contributed by atoms with Gasteiger partial charge in [-0.2, -0.15) is 0 Å². The molecule has 414 valence electrons. The molecule has 0 atom stereocenters. The quantitative estimate of drug-likeness (QED) is 0.108. The third-order valence-electron chi connectivity index (χ3n) is 16.0. The predicted octanol–water partition coefficient (Wildman–Crippen LogP) is 17.6. The van der Waals surface area contributed by atoms with Crippen LogP contribution in [0, 0.1) is 0 Å². The number of aromatic nitrogens is 11. The van der Waals surface area contributed by atoms with E-state index in [1.165, 1.54) is 0 Å². The van der Waals surface area contributed by atoms with Crippen molar-refractivity contribution in [1.29, 1.82) is 0 Å². The molecule has 0 fully saturated rings. The van der Waals surface area contributed by atoms with E-state index in [1.807, 2.05) is 110 Å². The minimum atomic E-state index is 0.579. The van der Waals surface area contributed by atoms with Crippen molar-refractivity contribution >= 4 is 66.9 Å². The molecule has 0 unspecified atom stereocenters. The number of hydrogen-bond acceptors (Lipinski definition) is 11. The third kappa shape index (κ3) is 9.23. The van der Waals surface area contributed by atoms with Crippen LogP contribution in [0.4, 0.5) is 0 Å². The van der Waals surface area contributed by atoms with Crippen LogP contribution >= 0.6 is 0 Å². The monoisotopic (exact) mass is 1130 g/mol. The fraction of sp³-hybridized carbons (Fsp3) is 0.0133. The molecule has 0 spiro atoms. The SMILES string of the molecule is C/C=N\C=C/c1cc2cc(-c3ncnc(-c4ccccc4)n3)ccc2n1-c1cccc(-c2cccc3c2oc2c(-c4cccc(-n5c6ccc(-c7ncnc(-c8ccccc8)n7)cc6c6cc(-c7ncnc(-c8ccccc8)n7)ccc65)c4)cccc23)c1. The standard InChI is InChI=1S/C75H48N12O/c1-2-76-37-36-58-41-55-38-52(73-80-44-77-70(83-73)47-16-6-3-7-17-47)30-33-65(55)86(58)56-24-12-22-50(39-56)59-26-14-28-61-62-29-15-27-60(69(62)88-68(59)61)51-23-13-25-57(40-51)87-66-34-31-53(74-81-45-78-71(84-74)48-18-8-4-9-19-48)42-63(66)64-43-54(32-35-67(64)87)75-82-46-79-72(85-75)49-20-10-5-11-21-49/h2-46H,1H3/b37-36-,76-2-. The summed E-state index contributed by atoms with van der Waals surface area (Å²) in [6, 6.07) is 81.4. The van der Waals surface area contributed by atoms with E-state index < -0.39 is 0 Å². The molecule has 16 aromatic rings. The van der Waals surface area contributed by atoms with Gasteiger partial charge in [-0.25, -0.2) is 44.9 Å². The van der Waals surface area contributed by atoms with Crippen LogP contribution in [0.2, 0.25) is 0 Å². The van der Waals surface area contributed by atoms with E-state index >= 15 is 0 Å². The van der Waals surface area contributed by atoms with E-state index in [0.29, 0.717) is 34.9 Å². The molecular formula is C75H48N12O. The highest BCUT2D eigenvalue weighted by Gasteiger charge is 2.21. The van der Waals surface area contributed by atoms with Crippen molar-refractivity contribution in [1.82, 2.24) is 54.0 Å². The van der Waals surface area contributed by atoms with Gasteiger partial charge in [-0.05, 0) is 109 Å². The number of fused-ring (bicyclic) bond motifs is 7. The Morgan fingerprint density at radius 2 is 0.750 bits per heavy atom. The molecule has 0 saturated heterocycles. The van der Waals surface area contributed by atoms with Crippen molar-refractivity contribution in [3.8, 4) is 102 Å². The molecule has 88 heavy (non-hydrogen) atoms. The summed E-state index contributed by atoms with van der Waals surface area (Å²) in [6.45, 7) is 1.91. The normalized spacial score (nSPS) is 11.8. The van der Waals surface area contributed by atoms with E-state index in [2.05, 4.69) is 190 Å². The Kier molecular flexibility index (Phi) is 12.7. The fourth-order valence-electron chi connectivity index (χ4n) is 12.0. The molecule has 13 heteroatoms. The van der Waals surface area contributed by atoms with Gasteiger partial charge in [-0.15, -0.1) is 0 Å². The minimum absolute atomic E-state index is 0.579. The molecule has 0 N–H and O–H groups in total. The fourth-order valence-corrected chi connectivity index (χ4v) is 12.0. The lowest BCUT2D eigenvalue weighted by Gasteiger charge is -2.12. The summed E-state index contributed by atoms with van der Waals surface area (Å²) in [6.07, 6.45) is 10.4. The van der Waals surface area contributed by atoms with Crippen LogP contribution in [0.25, 0.3) is 163 Å². The van der Waals surface area contributed by atoms with Gasteiger partial charge >= 0.3 is 0 Å². The maximum atomic E-state index is 7.17. The van der Waals surface area contributed by atoms with Gasteiger partial charge in [0.25, 0.3) is 0 Å². The zero-order valence-electron chi connectivity index (χ0n) is 47.3. The van der Waals surface area contributed by atoms with Crippen LogP contribution in [0.1, 0.15) is 12.6 Å². The average Bonchev–Trinajstić information content (AvgIpc) is 1.91. The highest BCUT2D eigenvalue weighted by molar-refractivity contribution is 6.14. The molecular weight excluding hydrogens is 1080 g/mol. The van der Waals surface area contributed by atoms with Crippen molar-refractivity contribution in [3.63, 3.8) is 0 Å². The van der Waals surface area contributed by atoms with E-state index in [9.17, 15) is 0 Å². The largest absolute Gasteiger partial charge is 0.455 e. The van der Waals surface area contributed by atoms with Crippen molar-refractivity contribution < 1.29 is 4.42 Å². The highest BCUT2D eigenvalue weighted by Crippen LogP contribution is 2.43. The number of para-hydroxylation sites is 2. The van der Waals surface area contributed by atoms with Crippen molar-refractivity contribution in [2.75, 3.05) is 0 Å². The zero-order chi connectivity index (χ0) is 58.5. The van der Waals surface area contributed by atoms with E-state index in [1.54, 1.807) is 25.2 Å². The summed E-state index contributed by atoms with van der Waals surface area (Å²) in [7, 11) is 0. The number of benzene rings is 10. The number of hydrogen-bond donors (Lipinski definition) is 0. The van der Waals surface area contributed by atoms with Gasteiger partial charge in [0, 0.05) is 101 Å². The zero-order valence-corrected chi connectivity index (χ0v) is 47.3. The topological polar surface area (TPSA) is 151 Å². The summed E-state index contributed by atoms with van der Waals surface area (Å²) in [5.74, 6) is 3.60. The number of nitrogens with zero attached hydrogens (tertiary/aromatic N) is 12. The first-order chi connectivity index (χ1) is 43.6. The average molecular weight is 1130 g/mol. The number of furan rings is 1. The summed E-state index contributed by atoms with van der Waals surface area (Å²) in [4.78, 5) is 46.7. The molecule has 0 aliphatic carbocycles. The number of aliphatic imine (C=N–C) groups is 1. The smallest absolute Gasteiger partial charge is 0.163 e. The molecule has 13 nitrogen and oxygen atoms in total. The van der Waals surface area contributed by atoms with Gasteiger partial charge in [-0.1, -0.05) is 152 Å². The highest BCUT2D eigenvalue weighted by atomic mass is 16.3. The molecule has 0 amide bonds. The van der Waals surface area contributed by atoms with E-state index in [4.69, 9.17) is 19.4 Å². The molecule has 0 radical (unpaired) electrons. The van der Waals surface area contributed by atoms with Crippen LogP contribution in [0.5, 0.6) is 0 Å². The first-order valence-corrected chi connectivity index (χ1v) is 28.9. The molecule has 0 bridgehead atoms. The molecule has 6 aromatic heterocycles. The van der Waals surface area contributed by atoms with Crippen LogP contribution in [0.15, 0.2) is 271 Å². The van der Waals surface area contributed by atoms with Crippen LogP contribution < -0.4 is 0 Å². The second-order valence-electron chi connectivity index (χ2n) is 21.3. The Labute approximate surface area is 504 Å². The molecule has 10 aromatic carbocycles. The molecule has 6 heterocycles. The summed E-state index contributed by atoms with van der Waals surface area (Å²) >= 11 is 0. The maximum Gasteiger partial charge on any atom is 0.163 e. The van der Waals surface area contributed by atoms with Crippen molar-refractivity contribution in [2.45, 2.75) is 6.92 Å². The van der Waals surface area contributed by atoms with Gasteiger partial charge < -0.3 is 13.6 Å². The predicted molar refractivity (Wildman–Crippen MR) is 352 cm³/mol. The summed E-state index contributed by atoms with van der Waals surface area (Å²) in [5.41, 5.74) is 17.0.